The lowest BCUT2D eigenvalue weighted by Gasteiger charge is -2.32. The molecule has 10 heteroatoms. The Hall–Kier alpha value is -2.13. The molecule has 0 bridgehead atoms. The molecular formula is C26H35Cl2N3O4S. The van der Waals surface area contributed by atoms with Gasteiger partial charge in [-0.05, 0) is 50.5 Å². The SMILES string of the molecule is CC[C@H](C(=O)N[C@@H](C)CC)N(Cc1c(Cl)cccc1Cl)C(=O)CCCN(C)S(=O)(=O)c1ccccc1. The highest BCUT2D eigenvalue weighted by Crippen LogP contribution is 2.27. The van der Waals surface area contributed by atoms with E-state index in [-0.39, 0.29) is 48.7 Å². The van der Waals surface area contributed by atoms with Crippen LogP contribution in [0.2, 0.25) is 10.0 Å². The first-order valence-corrected chi connectivity index (χ1v) is 14.3. The highest BCUT2D eigenvalue weighted by molar-refractivity contribution is 7.89. The lowest BCUT2D eigenvalue weighted by Crippen LogP contribution is -2.50. The van der Waals surface area contributed by atoms with Crippen LogP contribution < -0.4 is 5.32 Å². The maximum absolute atomic E-state index is 13.4. The number of carbonyl (C=O) groups excluding carboxylic acids is 2. The molecule has 0 radical (unpaired) electrons. The van der Waals surface area contributed by atoms with E-state index in [0.29, 0.717) is 22.0 Å². The minimum absolute atomic E-state index is 0.0377. The first-order chi connectivity index (χ1) is 17.0. The van der Waals surface area contributed by atoms with Gasteiger partial charge in [-0.15, -0.1) is 0 Å². The third kappa shape index (κ3) is 7.93. The van der Waals surface area contributed by atoms with Crippen LogP contribution in [-0.2, 0) is 26.2 Å². The average Bonchev–Trinajstić information content (AvgIpc) is 2.85. The predicted octanol–water partition coefficient (Wildman–Crippen LogP) is 5.12. The number of nitrogens with one attached hydrogen (secondary N) is 1. The van der Waals surface area contributed by atoms with Gasteiger partial charge in [-0.1, -0.05) is 61.3 Å². The number of sulfonamides is 1. The Morgan fingerprint density at radius 3 is 2.14 bits per heavy atom. The second-order valence-electron chi connectivity index (χ2n) is 8.71. The van der Waals surface area contributed by atoms with Crippen LogP contribution in [0.1, 0.15) is 52.0 Å². The first kappa shape index (κ1) is 30.1. The summed E-state index contributed by atoms with van der Waals surface area (Å²) in [6, 6.07) is 12.5. The number of amides is 2. The zero-order valence-electron chi connectivity index (χ0n) is 21.2. The molecule has 2 aromatic rings. The number of benzene rings is 2. The Kier molecular flexibility index (Phi) is 11.7. The van der Waals surface area contributed by atoms with Crippen LogP contribution in [0, 0.1) is 0 Å². The van der Waals surface area contributed by atoms with Crippen LogP contribution in [0.5, 0.6) is 0 Å². The molecule has 0 fully saturated rings. The van der Waals surface area contributed by atoms with Gasteiger partial charge in [0, 0.05) is 48.2 Å². The highest BCUT2D eigenvalue weighted by Gasteiger charge is 2.30. The van der Waals surface area contributed by atoms with Gasteiger partial charge in [0.2, 0.25) is 21.8 Å². The van der Waals surface area contributed by atoms with Crippen LogP contribution in [0.4, 0.5) is 0 Å². The molecule has 36 heavy (non-hydrogen) atoms. The molecule has 0 unspecified atom stereocenters. The molecule has 0 aliphatic carbocycles. The molecule has 2 aromatic carbocycles. The van der Waals surface area contributed by atoms with E-state index in [1.54, 1.807) is 36.4 Å². The van der Waals surface area contributed by atoms with Gasteiger partial charge in [-0.2, -0.15) is 0 Å². The van der Waals surface area contributed by atoms with E-state index in [4.69, 9.17) is 23.2 Å². The highest BCUT2D eigenvalue weighted by atomic mass is 35.5. The van der Waals surface area contributed by atoms with Crippen molar-refractivity contribution >= 4 is 45.0 Å². The summed E-state index contributed by atoms with van der Waals surface area (Å²) in [5, 5.41) is 3.77. The van der Waals surface area contributed by atoms with Crippen LogP contribution in [-0.4, -0.2) is 55.1 Å². The summed E-state index contributed by atoms with van der Waals surface area (Å²) in [4.78, 5) is 28.2. The van der Waals surface area contributed by atoms with E-state index < -0.39 is 16.1 Å². The number of hydrogen-bond donors (Lipinski definition) is 1. The van der Waals surface area contributed by atoms with E-state index in [9.17, 15) is 18.0 Å². The Morgan fingerprint density at radius 1 is 0.972 bits per heavy atom. The van der Waals surface area contributed by atoms with Crippen molar-refractivity contribution in [1.82, 2.24) is 14.5 Å². The van der Waals surface area contributed by atoms with Crippen molar-refractivity contribution in [2.75, 3.05) is 13.6 Å². The van der Waals surface area contributed by atoms with Gasteiger partial charge in [0.05, 0.1) is 4.90 Å². The molecule has 2 rings (SSSR count). The molecule has 2 amide bonds. The fraction of sp³-hybridized carbons (Fsp3) is 0.462. The number of nitrogens with zero attached hydrogens (tertiary/aromatic N) is 2. The number of halogens is 2. The van der Waals surface area contributed by atoms with E-state index in [1.165, 1.54) is 28.4 Å². The van der Waals surface area contributed by atoms with Gasteiger partial charge in [0.15, 0.2) is 0 Å². The second kappa shape index (κ2) is 14.0. The zero-order valence-corrected chi connectivity index (χ0v) is 23.5. The fourth-order valence-corrected chi connectivity index (χ4v) is 5.45. The monoisotopic (exact) mass is 555 g/mol. The Balaban J connectivity index is 2.20. The summed E-state index contributed by atoms with van der Waals surface area (Å²) >= 11 is 12.7. The van der Waals surface area contributed by atoms with Gasteiger partial charge < -0.3 is 10.2 Å². The first-order valence-electron chi connectivity index (χ1n) is 12.1. The molecule has 198 valence electrons. The third-order valence-electron chi connectivity index (χ3n) is 6.09. The lowest BCUT2D eigenvalue weighted by molar-refractivity contribution is -0.141. The molecule has 7 nitrogen and oxygen atoms in total. The normalized spacial score (nSPS) is 13.3. The van der Waals surface area contributed by atoms with Crippen molar-refractivity contribution < 1.29 is 18.0 Å². The van der Waals surface area contributed by atoms with Crippen molar-refractivity contribution in [3.05, 3.63) is 64.1 Å². The third-order valence-corrected chi connectivity index (χ3v) is 8.67. The Labute approximate surface area is 224 Å². The molecule has 0 aliphatic heterocycles. The average molecular weight is 557 g/mol. The lowest BCUT2D eigenvalue weighted by atomic mass is 10.1. The molecule has 0 aliphatic rings. The summed E-state index contributed by atoms with van der Waals surface area (Å²) in [5.41, 5.74) is 0.563. The summed E-state index contributed by atoms with van der Waals surface area (Å²) < 4.78 is 26.8. The van der Waals surface area contributed by atoms with Gasteiger partial charge in [0.1, 0.15) is 6.04 Å². The quantitative estimate of drug-likeness (QED) is 0.371. The number of hydrogen-bond acceptors (Lipinski definition) is 4. The minimum atomic E-state index is -3.66. The van der Waals surface area contributed by atoms with Gasteiger partial charge in [0.25, 0.3) is 0 Å². The molecule has 2 atom stereocenters. The summed E-state index contributed by atoms with van der Waals surface area (Å²) in [5.74, 6) is -0.519. The molecule has 0 spiro atoms. The molecule has 0 heterocycles. The van der Waals surface area contributed by atoms with Gasteiger partial charge >= 0.3 is 0 Å². The standard InChI is InChI=1S/C26H35Cl2N3O4S/c1-5-19(3)29-26(33)24(6-2)31(18-21-22(27)14-10-15-23(21)28)25(32)16-11-17-30(4)36(34,35)20-12-8-7-9-13-20/h7-10,12-15,19,24H,5-6,11,16-18H2,1-4H3,(H,29,33)/t19-,24+/m0/s1. The van der Waals surface area contributed by atoms with Crippen molar-refractivity contribution in [2.24, 2.45) is 0 Å². The zero-order chi connectivity index (χ0) is 26.9. The molecule has 0 saturated carbocycles. The molecule has 1 N–H and O–H groups in total. The number of rotatable bonds is 13. The Morgan fingerprint density at radius 2 is 1.58 bits per heavy atom. The number of carbonyl (C=O) groups is 2. The van der Waals surface area contributed by atoms with E-state index in [1.807, 2.05) is 20.8 Å². The maximum Gasteiger partial charge on any atom is 0.243 e. The van der Waals surface area contributed by atoms with Crippen LogP contribution in [0.15, 0.2) is 53.4 Å². The van der Waals surface area contributed by atoms with Crippen molar-refractivity contribution in [2.45, 2.75) is 70.0 Å². The smallest absolute Gasteiger partial charge is 0.243 e. The van der Waals surface area contributed by atoms with Crippen molar-refractivity contribution in [3.8, 4) is 0 Å². The van der Waals surface area contributed by atoms with Crippen LogP contribution in [0.3, 0.4) is 0 Å². The van der Waals surface area contributed by atoms with Crippen LogP contribution >= 0.6 is 23.2 Å². The van der Waals surface area contributed by atoms with Crippen molar-refractivity contribution in [1.29, 1.82) is 0 Å². The van der Waals surface area contributed by atoms with Crippen LogP contribution in [0.25, 0.3) is 0 Å². The van der Waals surface area contributed by atoms with E-state index >= 15 is 0 Å². The summed E-state index contributed by atoms with van der Waals surface area (Å²) in [6.07, 6.45) is 1.51. The molecule has 0 saturated heterocycles. The Bertz CT molecular complexity index is 1110. The fourth-order valence-electron chi connectivity index (χ4n) is 3.70. The molecule has 0 aromatic heterocycles. The van der Waals surface area contributed by atoms with Gasteiger partial charge in [-0.3, -0.25) is 9.59 Å². The van der Waals surface area contributed by atoms with E-state index in [2.05, 4.69) is 5.32 Å². The van der Waals surface area contributed by atoms with E-state index in [0.717, 1.165) is 6.42 Å². The molecular weight excluding hydrogens is 521 g/mol. The summed E-state index contributed by atoms with van der Waals surface area (Å²) in [6.45, 7) is 5.94. The summed E-state index contributed by atoms with van der Waals surface area (Å²) in [7, 11) is -2.17. The predicted molar refractivity (Wildman–Crippen MR) is 144 cm³/mol. The topological polar surface area (TPSA) is 86.8 Å². The van der Waals surface area contributed by atoms with Crippen molar-refractivity contribution in [3.63, 3.8) is 0 Å². The van der Waals surface area contributed by atoms with Gasteiger partial charge in [-0.25, -0.2) is 12.7 Å². The minimum Gasteiger partial charge on any atom is -0.352 e. The maximum atomic E-state index is 13.4. The second-order valence-corrected chi connectivity index (χ2v) is 11.6. The largest absolute Gasteiger partial charge is 0.352 e.